The lowest BCUT2D eigenvalue weighted by Crippen LogP contribution is -2.47. The lowest BCUT2D eigenvalue weighted by atomic mass is 9.93. The molecule has 1 aliphatic rings. The third kappa shape index (κ3) is 3.78. The molecule has 3 nitrogen and oxygen atoms in total. The molecule has 0 aromatic carbocycles. The molecule has 2 heterocycles. The van der Waals surface area contributed by atoms with Gasteiger partial charge in [0.2, 0.25) is 0 Å². The van der Waals surface area contributed by atoms with Gasteiger partial charge in [-0.3, -0.25) is 0 Å². The SMILES string of the molecule is CN1CC(NCCCO)CC(c2cccs2)C1. The van der Waals surface area contributed by atoms with Crippen LogP contribution in [0.4, 0.5) is 0 Å². The summed E-state index contributed by atoms with van der Waals surface area (Å²) in [7, 11) is 2.19. The molecule has 2 N–H and O–H groups in total. The third-order valence-electron chi connectivity index (χ3n) is 3.35. The first-order valence-electron chi connectivity index (χ1n) is 6.35. The van der Waals surface area contributed by atoms with E-state index in [0.29, 0.717) is 12.0 Å². The van der Waals surface area contributed by atoms with Crippen LogP contribution in [0, 0.1) is 0 Å². The van der Waals surface area contributed by atoms with E-state index in [9.17, 15) is 0 Å². The van der Waals surface area contributed by atoms with Crippen LogP contribution in [0.1, 0.15) is 23.6 Å². The quantitative estimate of drug-likeness (QED) is 0.782. The van der Waals surface area contributed by atoms with E-state index in [0.717, 1.165) is 19.5 Å². The summed E-state index contributed by atoms with van der Waals surface area (Å²) in [6.07, 6.45) is 2.07. The second-order valence-electron chi connectivity index (χ2n) is 4.90. The van der Waals surface area contributed by atoms with E-state index in [-0.39, 0.29) is 6.61 Å². The van der Waals surface area contributed by atoms with Crippen molar-refractivity contribution in [2.24, 2.45) is 0 Å². The molecule has 96 valence electrons. The van der Waals surface area contributed by atoms with Crippen LogP contribution in [0.25, 0.3) is 0 Å². The van der Waals surface area contributed by atoms with E-state index >= 15 is 0 Å². The maximum atomic E-state index is 8.80. The van der Waals surface area contributed by atoms with Crippen LogP contribution in [0.15, 0.2) is 17.5 Å². The second kappa shape index (κ2) is 6.50. The van der Waals surface area contributed by atoms with Crippen LogP contribution in [0.2, 0.25) is 0 Å². The molecule has 4 heteroatoms. The lowest BCUT2D eigenvalue weighted by molar-refractivity contribution is 0.202. The molecular weight excluding hydrogens is 232 g/mol. The number of likely N-dealkylation sites (N-methyl/N-ethyl adjacent to an activating group) is 1. The third-order valence-corrected chi connectivity index (χ3v) is 4.38. The molecule has 0 radical (unpaired) electrons. The van der Waals surface area contributed by atoms with Gasteiger partial charge in [-0.2, -0.15) is 0 Å². The van der Waals surface area contributed by atoms with Gasteiger partial charge in [0.15, 0.2) is 0 Å². The molecule has 1 aliphatic heterocycles. The molecule has 2 unspecified atom stereocenters. The number of hydrogen-bond acceptors (Lipinski definition) is 4. The fourth-order valence-corrected chi connectivity index (χ4v) is 3.42. The fourth-order valence-electron chi connectivity index (χ4n) is 2.58. The van der Waals surface area contributed by atoms with Crippen LogP contribution in [-0.2, 0) is 0 Å². The van der Waals surface area contributed by atoms with Gasteiger partial charge in [0, 0.05) is 36.5 Å². The number of thiophene rings is 1. The molecule has 0 spiro atoms. The molecule has 0 aliphatic carbocycles. The van der Waals surface area contributed by atoms with Crippen LogP contribution in [0.5, 0.6) is 0 Å². The van der Waals surface area contributed by atoms with Gasteiger partial charge < -0.3 is 15.3 Å². The summed E-state index contributed by atoms with van der Waals surface area (Å²) in [6.45, 7) is 3.49. The smallest absolute Gasteiger partial charge is 0.0443 e. The van der Waals surface area contributed by atoms with Crippen molar-refractivity contribution < 1.29 is 5.11 Å². The standard InChI is InChI=1S/C13H22N2OS/c1-15-9-11(13-4-2-7-17-13)8-12(10-15)14-5-3-6-16/h2,4,7,11-12,14,16H,3,5-6,8-10H2,1H3. The molecule has 17 heavy (non-hydrogen) atoms. The van der Waals surface area contributed by atoms with Crippen LogP contribution in [0.3, 0.4) is 0 Å². The van der Waals surface area contributed by atoms with E-state index in [1.165, 1.54) is 17.8 Å². The lowest BCUT2D eigenvalue weighted by Gasteiger charge is -2.35. The normalized spacial score (nSPS) is 26.2. The van der Waals surface area contributed by atoms with E-state index < -0.39 is 0 Å². The van der Waals surface area contributed by atoms with Crippen molar-refractivity contribution in [1.29, 1.82) is 0 Å². The summed E-state index contributed by atoms with van der Waals surface area (Å²) < 4.78 is 0. The van der Waals surface area contributed by atoms with Crippen molar-refractivity contribution in [2.75, 3.05) is 33.3 Å². The molecule has 1 aromatic rings. The van der Waals surface area contributed by atoms with Gasteiger partial charge in [0.25, 0.3) is 0 Å². The molecule has 0 amide bonds. The summed E-state index contributed by atoms with van der Waals surface area (Å²) in [5.74, 6) is 0.667. The van der Waals surface area contributed by atoms with E-state index in [4.69, 9.17) is 5.11 Å². The van der Waals surface area contributed by atoms with E-state index in [2.05, 4.69) is 34.8 Å². The van der Waals surface area contributed by atoms with Gasteiger partial charge in [-0.15, -0.1) is 11.3 Å². The highest BCUT2D eigenvalue weighted by molar-refractivity contribution is 7.10. The number of nitrogens with one attached hydrogen (secondary N) is 1. The summed E-state index contributed by atoms with van der Waals surface area (Å²) >= 11 is 1.87. The van der Waals surface area contributed by atoms with Crippen LogP contribution in [-0.4, -0.2) is 49.3 Å². The predicted octanol–water partition coefficient (Wildman–Crippen LogP) is 1.51. The molecular formula is C13H22N2OS. The molecule has 1 aromatic heterocycles. The van der Waals surface area contributed by atoms with E-state index in [1.807, 2.05) is 11.3 Å². The van der Waals surface area contributed by atoms with Gasteiger partial charge >= 0.3 is 0 Å². The number of aliphatic hydroxyl groups is 1. The Kier molecular flexibility index (Phi) is 4.98. The minimum atomic E-state index is 0.282. The van der Waals surface area contributed by atoms with Gasteiger partial charge in [-0.25, -0.2) is 0 Å². The number of likely N-dealkylation sites (tertiary alicyclic amines) is 1. The zero-order valence-corrected chi connectivity index (χ0v) is 11.2. The van der Waals surface area contributed by atoms with Crippen molar-refractivity contribution in [3.8, 4) is 0 Å². The Morgan fingerprint density at radius 1 is 1.53 bits per heavy atom. The van der Waals surface area contributed by atoms with Crippen molar-refractivity contribution in [2.45, 2.75) is 24.8 Å². The fraction of sp³-hybridized carbons (Fsp3) is 0.692. The molecule has 0 saturated carbocycles. The Hall–Kier alpha value is -0.420. The first kappa shape index (κ1) is 13.0. The van der Waals surface area contributed by atoms with Gasteiger partial charge in [-0.1, -0.05) is 6.07 Å². The highest BCUT2D eigenvalue weighted by Gasteiger charge is 2.26. The number of hydrogen-bond donors (Lipinski definition) is 2. The van der Waals surface area contributed by atoms with Crippen molar-refractivity contribution in [1.82, 2.24) is 10.2 Å². The zero-order valence-electron chi connectivity index (χ0n) is 10.4. The Morgan fingerprint density at radius 2 is 2.41 bits per heavy atom. The van der Waals surface area contributed by atoms with Crippen LogP contribution >= 0.6 is 11.3 Å². The first-order chi connectivity index (χ1) is 8.29. The average molecular weight is 254 g/mol. The van der Waals surface area contributed by atoms with Gasteiger partial charge in [0.1, 0.15) is 0 Å². The monoisotopic (exact) mass is 254 g/mol. The zero-order chi connectivity index (χ0) is 12.1. The molecule has 0 bridgehead atoms. The topological polar surface area (TPSA) is 35.5 Å². The Labute approximate surface area is 107 Å². The summed E-state index contributed by atoms with van der Waals surface area (Å²) in [6, 6.07) is 4.95. The number of rotatable bonds is 5. The molecule has 2 rings (SSSR count). The first-order valence-corrected chi connectivity index (χ1v) is 7.23. The summed E-state index contributed by atoms with van der Waals surface area (Å²) in [5.41, 5.74) is 0. The summed E-state index contributed by atoms with van der Waals surface area (Å²) in [4.78, 5) is 3.91. The minimum Gasteiger partial charge on any atom is -0.396 e. The average Bonchev–Trinajstić information content (AvgIpc) is 2.82. The van der Waals surface area contributed by atoms with Gasteiger partial charge in [0.05, 0.1) is 0 Å². The summed E-state index contributed by atoms with van der Waals surface area (Å²) in [5, 5.41) is 14.5. The van der Waals surface area contributed by atoms with Crippen molar-refractivity contribution in [3.05, 3.63) is 22.4 Å². The van der Waals surface area contributed by atoms with Gasteiger partial charge in [-0.05, 0) is 37.9 Å². The van der Waals surface area contributed by atoms with Crippen molar-refractivity contribution >= 4 is 11.3 Å². The van der Waals surface area contributed by atoms with Crippen LogP contribution < -0.4 is 5.32 Å². The molecule has 1 fully saturated rings. The highest BCUT2D eigenvalue weighted by atomic mass is 32.1. The maximum Gasteiger partial charge on any atom is 0.0443 e. The maximum absolute atomic E-state index is 8.80. The highest BCUT2D eigenvalue weighted by Crippen LogP contribution is 2.29. The minimum absolute atomic E-state index is 0.282. The Morgan fingerprint density at radius 3 is 3.12 bits per heavy atom. The Bertz CT molecular complexity index is 315. The largest absolute Gasteiger partial charge is 0.396 e. The van der Waals surface area contributed by atoms with Crippen molar-refractivity contribution in [3.63, 3.8) is 0 Å². The molecule has 2 atom stereocenters. The molecule has 1 saturated heterocycles. The number of nitrogens with zero attached hydrogens (tertiary/aromatic N) is 1. The number of aliphatic hydroxyl groups excluding tert-OH is 1. The number of piperidine rings is 1. The van der Waals surface area contributed by atoms with E-state index in [1.54, 1.807) is 0 Å². The Balaban J connectivity index is 1.88. The second-order valence-corrected chi connectivity index (χ2v) is 5.88. The predicted molar refractivity (Wildman–Crippen MR) is 72.7 cm³/mol.